The van der Waals surface area contributed by atoms with Crippen LogP contribution in [0.4, 0.5) is 11.5 Å². The Balaban J connectivity index is 2.22. The van der Waals surface area contributed by atoms with E-state index in [1.807, 2.05) is 6.07 Å². The summed E-state index contributed by atoms with van der Waals surface area (Å²) in [5, 5.41) is 11.6. The number of nitrogens with one attached hydrogen (secondary N) is 2. The van der Waals surface area contributed by atoms with Crippen LogP contribution >= 0.6 is 0 Å². The van der Waals surface area contributed by atoms with Gasteiger partial charge in [-0.05, 0) is 24.3 Å². The Labute approximate surface area is 145 Å². The lowest BCUT2D eigenvalue weighted by molar-refractivity contribution is 0.585. The second-order valence-corrected chi connectivity index (χ2v) is 8.95. The molecule has 2 rings (SSSR count). The van der Waals surface area contributed by atoms with Crippen LogP contribution < -0.4 is 10.0 Å². The molecule has 1 heterocycles. The number of nitrogens with zero attached hydrogens (tertiary/aromatic N) is 3. The molecule has 0 bridgehead atoms. The summed E-state index contributed by atoms with van der Waals surface area (Å²) < 4.78 is 49.1. The number of nitriles is 1. The van der Waals surface area contributed by atoms with Gasteiger partial charge in [0, 0.05) is 12.2 Å². The van der Waals surface area contributed by atoms with Gasteiger partial charge in [0.1, 0.15) is 11.2 Å². The Hall–Kier alpha value is -2.55. The van der Waals surface area contributed by atoms with E-state index in [4.69, 9.17) is 5.26 Å². The zero-order chi connectivity index (χ0) is 18.5. The topological polar surface area (TPSA) is 142 Å². The summed E-state index contributed by atoms with van der Waals surface area (Å²) in [6.45, 7) is -0.258. The molecule has 132 valence electrons. The summed E-state index contributed by atoms with van der Waals surface area (Å²) >= 11 is 0. The fraction of sp³-hybridized carbons (Fsp3) is 0.214. The van der Waals surface area contributed by atoms with E-state index >= 15 is 0 Å². The SMILES string of the molecule is CS(=O)(=O)NCCS(=O)(=O)c1cncnc1Nc1ccc(C#N)cc1. The third-order valence-corrected chi connectivity index (χ3v) is 5.46. The molecule has 2 aromatic rings. The molecule has 0 aliphatic carbocycles. The molecule has 11 heteroatoms. The molecule has 9 nitrogen and oxygen atoms in total. The lowest BCUT2D eigenvalue weighted by atomic mass is 10.2. The van der Waals surface area contributed by atoms with Gasteiger partial charge in [-0.3, -0.25) is 0 Å². The molecule has 2 N–H and O–H groups in total. The average Bonchev–Trinajstić information content (AvgIpc) is 2.54. The van der Waals surface area contributed by atoms with Crippen LogP contribution in [-0.2, 0) is 19.9 Å². The van der Waals surface area contributed by atoms with Gasteiger partial charge in [0.25, 0.3) is 0 Å². The van der Waals surface area contributed by atoms with Crippen LogP contribution in [0.15, 0.2) is 41.7 Å². The van der Waals surface area contributed by atoms with E-state index in [0.29, 0.717) is 11.3 Å². The largest absolute Gasteiger partial charge is 0.339 e. The van der Waals surface area contributed by atoms with Crippen LogP contribution in [0.3, 0.4) is 0 Å². The van der Waals surface area contributed by atoms with Crippen molar-refractivity contribution in [2.75, 3.05) is 23.9 Å². The van der Waals surface area contributed by atoms with Crippen molar-refractivity contribution in [2.45, 2.75) is 4.90 Å². The number of anilines is 2. The predicted molar refractivity (Wildman–Crippen MR) is 91.4 cm³/mol. The lowest BCUT2D eigenvalue weighted by Crippen LogP contribution is -2.28. The Morgan fingerprint density at radius 2 is 1.84 bits per heavy atom. The highest BCUT2D eigenvalue weighted by Gasteiger charge is 2.21. The van der Waals surface area contributed by atoms with Gasteiger partial charge in [-0.15, -0.1) is 0 Å². The Morgan fingerprint density at radius 3 is 2.44 bits per heavy atom. The van der Waals surface area contributed by atoms with Crippen LogP contribution in [0.25, 0.3) is 0 Å². The molecule has 0 atom stereocenters. The summed E-state index contributed by atoms with van der Waals surface area (Å²) in [5.74, 6) is -0.366. The van der Waals surface area contributed by atoms with E-state index in [2.05, 4.69) is 20.0 Å². The van der Waals surface area contributed by atoms with E-state index in [1.165, 1.54) is 6.33 Å². The van der Waals surface area contributed by atoms with E-state index in [0.717, 1.165) is 12.5 Å². The molecular formula is C14H15N5O4S2. The molecule has 0 saturated heterocycles. The highest BCUT2D eigenvalue weighted by molar-refractivity contribution is 7.91. The van der Waals surface area contributed by atoms with Crippen molar-refractivity contribution in [2.24, 2.45) is 0 Å². The summed E-state index contributed by atoms with van der Waals surface area (Å²) in [4.78, 5) is 7.52. The monoisotopic (exact) mass is 381 g/mol. The van der Waals surface area contributed by atoms with Gasteiger partial charge in [0.15, 0.2) is 15.7 Å². The molecule has 0 aliphatic rings. The quantitative estimate of drug-likeness (QED) is 0.702. The van der Waals surface area contributed by atoms with Crippen molar-refractivity contribution >= 4 is 31.4 Å². The Morgan fingerprint density at radius 1 is 1.16 bits per heavy atom. The number of benzene rings is 1. The first kappa shape index (κ1) is 18.8. The van der Waals surface area contributed by atoms with Crippen molar-refractivity contribution in [3.63, 3.8) is 0 Å². The number of hydrogen-bond acceptors (Lipinski definition) is 8. The van der Waals surface area contributed by atoms with Gasteiger partial charge in [-0.1, -0.05) is 0 Å². The van der Waals surface area contributed by atoms with Crippen LogP contribution in [0.2, 0.25) is 0 Å². The fourth-order valence-corrected chi connectivity index (χ4v) is 3.69. The van der Waals surface area contributed by atoms with E-state index < -0.39 is 25.6 Å². The first-order valence-electron chi connectivity index (χ1n) is 6.96. The summed E-state index contributed by atoms with van der Waals surface area (Å²) in [5.41, 5.74) is 1.01. The maximum atomic E-state index is 12.4. The van der Waals surface area contributed by atoms with Crippen molar-refractivity contribution < 1.29 is 16.8 Å². The minimum Gasteiger partial charge on any atom is -0.339 e. The van der Waals surface area contributed by atoms with Gasteiger partial charge in [-0.25, -0.2) is 31.5 Å². The Bertz CT molecular complexity index is 996. The van der Waals surface area contributed by atoms with Crippen LogP contribution in [0.5, 0.6) is 0 Å². The summed E-state index contributed by atoms with van der Waals surface area (Å²) in [7, 11) is -7.29. The molecule has 0 radical (unpaired) electrons. The maximum absolute atomic E-state index is 12.4. The number of rotatable bonds is 7. The van der Waals surface area contributed by atoms with Crippen LogP contribution in [0, 0.1) is 11.3 Å². The number of hydrogen-bond donors (Lipinski definition) is 2. The molecule has 1 aromatic heterocycles. The third kappa shape index (κ3) is 5.49. The minimum atomic E-state index is -3.81. The lowest BCUT2D eigenvalue weighted by Gasteiger charge is -2.11. The first-order valence-corrected chi connectivity index (χ1v) is 10.5. The molecule has 1 aromatic carbocycles. The normalized spacial score (nSPS) is 11.7. The van der Waals surface area contributed by atoms with Crippen LogP contribution in [-0.4, -0.2) is 45.4 Å². The van der Waals surface area contributed by atoms with E-state index in [9.17, 15) is 16.8 Å². The average molecular weight is 381 g/mol. The highest BCUT2D eigenvalue weighted by Crippen LogP contribution is 2.22. The molecule has 0 amide bonds. The number of sulfonamides is 1. The second kappa shape index (κ2) is 7.56. The first-order chi connectivity index (χ1) is 11.7. The van der Waals surface area contributed by atoms with Gasteiger partial charge in [0.2, 0.25) is 10.0 Å². The van der Waals surface area contributed by atoms with Crippen molar-refractivity contribution in [3.8, 4) is 6.07 Å². The van der Waals surface area contributed by atoms with Crippen molar-refractivity contribution in [1.82, 2.24) is 14.7 Å². The smallest absolute Gasteiger partial charge is 0.208 e. The maximum Gasteiger partial charge on any atom is 0.208 e. The highest BCUT2D eigenvalue weighted by atomic mass is 32.2. The Kier molecular flexibility index (Phi) is 5.68. The number of aromatic nitrogens is 2. The molecule has 0 spiro atoms. The van der Waals surface area contributed by atoms with E-state index in [1.54, 1.807) is 24.3 Å². The molecule has 0 fully saturated rings. The minimum absolute atomic E-state index is 0.0686. The van der Waals surface area contributed by atoms with Gasteiger partial charge >= 0.3 is 0 Å². The molecule has 0 saturated carbocycles. The van der Waals surface area contributed by atoms with Gasteiger partial charge < -0.3 is 5.32 Å². The summed E-state index contributed by atoms with van der Waals surface area (Å²) in [6.07, 6.45) is 3.29. The van der Waals surface area contributed by atoms with Gasteiger partial charge in [-0.2, -0.15) is 5.26 Å². The van der Waals surface area contributed by atoms with E-state index in [-0.39, 0.29) is 17.3 Å². The molecule has 0 aliphatic heterocycles. The third-order valence-electron chi connectivity index (χ3n) is 3.03. The zero-order valence-corrected chi connectivity index (χ0v) is 14.8. The molecule has 0 unspecified atom stereocenters. The van der Waals surface area contributed by atoms with Crippen molar-refractivity contribution in [3.05, 3.63) is 42.4 Å². The number of sulfone groups is 1. The molecular weight excluding hydrogens is 366 g/mol. The second-order valence-electron chi connectivity index (χ2n) is 5.04. The van der Waals surface area contributed by atoms with Gasteiger partial charge in [0.05, 0.1) is 29.8 Å². The molecule has 25 heavy (non-hydrogen) atoms. The standard InChI is InChI=1S/C14H15N5O4S2/c1-24(20,21)18-6-7-25(22,23)13-9-16-10-17-14(13)19-12-4-2-11(8-15)3-5-12/h2-5,9-10,18H,6-7H2,1H3,(H,16,17,19). The fourth-order valence-electron chi connectivity index (χ4n) is 1.87. The van der Waals surface area contributed by atoms with Crippen LogP contribution in [0.1, 0.15) is 5.56 Å². The van der Waals surface area contributed by atoms with Crippen molar-refractivity contribution in [1.29, 1.82) is 5.26 Å². The zero-order valence-electron chi connectivity index (χ0n) is 13.2. The predicted octanol–water partition coefficient (Wildman–Crippen LogP) is 0.415. The summed E-state index contributed by atoms with van der Waals surface area (Å²) in [6, 6.07) is 8.36.